The molecule has 16 N–H and O–H groups in total. The Bertz CT molecular complexity index is 1450. The van der Waals surface area contributed by atoms with Crippen molar-refractivity contribution >= 4 is 41.7 Å². The van der Waals surface area contributed by atoms with E-state index in [1.54, 1.807) is 30.5 Å². The first-order chi connectivity index (χ1) is 24.5. The number of aliphatic carboxylic acids is 3. The Kier molecular flexibility index (Phi) is 20.6. The van der Waals surface area contributed by atoms with Crippen molar-refractivity contribution in [1.29, 1.82) is 0 Å². The van der Waals surface area contributed by atoms with Gasteiger partial charge in [0.1, 0.15) is 36.0 Å². The Balaban J connectivity index is 0.000000400. The number of carbonyl (C=O) groups excluding carboxylic acids is 4. The van der Waals surface area contributed by atoms with Crippen LogP contribution in [0.2, 0.25) is 0 Å². The van der Waals surface area contributed by atoms with Crippen LogP contribution in [0.15, 0.2) is 36.8 Å². The lowest BCUT2D eigenvalue weighted by Gasteiger charge is -2.11. The molecule has 1 aromatic heterocycles. The van der Waals surface area contributed by atoms with Gasteiger partial charge in [0.05, 0.1) is 19.3 Å². The van der Waals surface area contributed by atoms with E-state index in [2.05, 4.69) is 31.1 Å². The van der Waals surface area contributed by atoms with Gasteiger partial charge in [0, 0.05) is 18.3 Å². The molecule has 0 unspecified atom stereocenters. The van der Waals surface area contributed by atoms with Gasteiger partial charge in [0.25, 0.3) is 0 Å². The molecule has 3 heterocycles. The lowest BCUT2D eigenvalue weighted by Crippen LogP contribution is -2.41. The maximum Gasteiger partial charge on any atom is 0.331 e. The van der Waals surface area contributed by atoms with Crippen LogP contribution in [0.25, 0.3) is 0 Å². The molecule has 2 aliphatic heterocycles. The van der Waals surface area contributed by atoms with Gasteiger partial charge in [-0.15, -0.1) is 0 Å². The second kappa shape index (κ2) is 24.0. The van der Waals surface area contributed by atoms with Gasteiger partial charge in [0.15, 0.2) is 0 Å². The predicted octanol–water partition coefficient (Wildman–Crippen LogP) is -3.30. The Labute approximate surface area is 297 Å². The largest absolute Gasteiger partial charge is 0.480 e. The normalized spacial score (nSPS) is 17.5. The van der Waals surface area contributed by atoms with Gasteiger partial charge in [-0.2, -0.15) is 0 Å². The SMILES string of the molecule is NC(=O)C[C@H](N)C(=O)OC(=O)[C@@H]1CCCN1.NCC(=O)O.N[C@@H](Cc1ccc(OC(=O)[C@@H](N)Cc2cnc[nH]2)cc1)C(=O)O.O=C(O)[C@@H]1CCCN1. The maximum atomic E-state index is 11.9. The molecule has 0 aliphatic carbocycles. The first kappa shape index (κ1) is 44.7. The van der Waals surface area contributed by atoms with E-state index in [-0.39, 0.29) is 25.4 Å². The minimum Gasteiger partial charge on any atom is -0.480 e. The average Bonchev–Trinajstić information content (AvgIpc) is 3.91. The molecule has 2 saturated heterocycles. The highest BCUT2D eigenvalue weighted by Crippen LogP contribution is 2.14. The third-order valence-corrected chi connectivity index (χ3v) is 7.01. The van der Waals surface area contributed by atoms with E-state index in [0.29, 0.717) is 18.6 Å². The highest BCUT2D eigenvalue weighted by molar-refractivity contribution is 5.93. The van der Waals surface area contributed by atoms with Crippen molar-refractivity contribution in [2.75, 3.05) is 19.6 Å². The molecule has 5 atom stereocenters. The first-order valence-electron chi connectivity index (χ1n) is 16.0. The Hall–Kier alpha value is -5.32. The second-order valence-electron chi connectivity index (χ2n) is 11.4. The number of esters is 3. The molecule has 1 amide bonds. The highest BCUT2D eigenvalue weighted by atomic mass is 16.6. The lowest BCUT2D eigenvalue weighted by atomic mass is 10.1. The standard InChI is InChI=1S/C15H18N4O4.C9H15N3O4.C5H9NO2.C2H5NO2/c16-12(14(20)21)5-9-1-3-11(4-2-9)23-15(22)13(17)6-10-7-18-8-19-10;10-5(4-7(11)13)8(14)16-9(15)6-2-1-3-12-6;7-5(8)4-2-1-3-6-4;3-1-2(4)5/h1-4,7-8,12-13H,5-6,16-17H2,(H,18,19)(H,20,21);5-6,12H,1-4,10H2,(H2,11,13);4,6H,1-3H2,(H,7,8);1,3H2,(H,4,5)/t12-,13-;5-,6-;4-;/m000./s1. The molecule has 21 heteroatoms. The number of aromatic amines is 1. The maximum absolute atomic E-state index is 11.9. The number of primary amides is 1. The number of carboxylic acid groups (broad SMARTS) is 3. The summed E-state index contributed by atoms with van der Waals surface area (Å²) in [5.74, 6) is -5.26. The van der Waals surface area contributed by atoms with Crippen molar-refractivity contribution in [2.45, 2.75) is 75.2 Å². The van der Waals surface area contributed by atoms with Gasteiger partial charge in [-0.1, -0.05) is 12.1 Å². The number of carboxylic acids is 3. The summed E-state index contributed by atoms with van der Waals surface area (Å²) in [7, 11) is 0. The number of carbonyl (C=O) groups is 7. The van der Waals surface area contributed by atoms with Crippen molar-refractivity contribution in [2.24, 2.45) is 28.7 Å². The fourth-order valence-corrected chi connectivity index (χ4v) is 4.27. The van der Waals surface area contributed by atoms with Crippen LogP contribution in [0.4, 0.5) is 0 Å². The summed E-state index contributed by atoms with van der Waals surface area (Å²) in [5.41, 5.74) is 27.5. The second-order valence-corrected chi connectivity index (χ2v) is 11.4. The monoisotopic (exact) mass is 737 g/mol. The summed E-state index contributed by atoms with van der Waals surface area (Å²) in [4.78, 5) is 81.8. The molecule has 4 rings (SSSR count). The van der Waals surface area contributed by atoms with Gasteiger partial charge in [-0.25, -0.2) is 19.4 Å². The summed E-state index contributed by atoms with van der Waals surface area (Å²) in [6.45, 7) is 1.30. The number of benzene rings is 1. The van der Waals surface area contributed by atoms with Gasteiger partial charge in [0.2, 0.25) is 5.91 Å². The van der Waals surface area contributed by atoms with Crippen molar-refractivity contribution in [3.05, 3.63) is 48.0 Å². The van der Waals surface area contributed by atoms with E-state index in [9.17, 15) is 33.6 Å². The molecule has 0 bridgehead atoms. The molecule has 0 saturated carbocycles. The molecule has 1 aromatic carbocycles. The number of hydrogen-bond donors (Lipinski definition) is 11. The minimum atomic E-state index is -1.18. The van der Waals surface area contributed by atoms with Crippen LogP contribution < -0.4 is 44.0 Å². The average molecular weight is 738 g/mol. The Morgan fingerprint density at radius 3 is 1.83 bits per heavy atom. The number of imidazole rings is 1. The van der Waals surface area contributed by atoms with Crippen LogP contribution in [0.5, 0.6) is 5.75 Å². The number of aromatic nitrogens is 2. The van der Waals surface area contributed by atoms with Crippen LogP contribution >= 0.6 is 0 Å². The van der Waals surface area contributed by atoms with E-state index < -0.39 is 65.9 Å². The number of amides is 1. The van der Waals surface area contributed by atoms with Crippen molar-refractivity contribution in [1.82, 2.24) is 20.6 Å². The summed E-state index contributed by atoms with van der Waals surface area (Å²) in [6.07, 6.45) is 6.55. The van der Waals surface area contributed by atoms with E-state index in [1.165, 1.54) is 6.33 Å². The summed E-state index contributed by atoms with van der Waals surface area (Å²) >= 11 is 0. The van der Waals surface area contributed by atoms with Crippen LogP contribution in [0.3, 0.4) is 0 Å². The molecule has 0 radical (unpaired) electrons. The van der Waals surface area contributed by atoms with Crippen molar-refractivity contribution in [3.63, 3.8) is 0 Å². The number of H-pyrrole nitrogens is 1. The summed E-state index contributed by atoms with van der Waals surface area (Å²) < 4.78 is 9.71. The molecule has 2 aliphatic rings. The van der Waals surface area contributed by atoms with Crippen LogP contribution in [-0.4, -0.2) is 117 Å². The fourth-order valence-electron chi connectivity index (χ4n) is 4.27. The number of ether oxygens (including phenoxy) is 2. The van der Waals surface area contributed by atoms with Crippen LogP contribution in [0.1, 0.15) is 43.4 Å². The van der Waals surface area contributed by atoms with Gasteiger partial charge in [-0.05, 0) is 62.9 Å². The smallest absolute Gasteiger partial charge is 0.331 e. The zero-order chi connectivity index (χ0) is 39.2. The number of nitrogens with two attached hydrogens (primary N) is 5. The van der Waals surface area contributed by atoms with Crippen molar-refractivity contribution in [3.8, 4) is 5.75 Å². The molecule has 2 fully saturated rings. The Morgan fingerprint density at radius 2 is 1.40 bits per heavy atom. The highest BCUT2D eigenvalue weighted by Gasteiger charge is 2.28. The number of nitrogens with zero attached hydrogens (tertiary/aromatic N) is 1. The fraction of sp³-hybridized carbons (Fsp3) is 0.484. The molecule has 21 nitrogen and oxygen atoms in total. The van der Waals surface area contributed by atoms with E-state index in [4.69, 9.17) is 43.0 Å². The van der Waals surface area contributed by atoms with E-state index in [1.807, 2.05) is 0 Å². The third-order valence-electron chi connectivity index (χ3n) is 7.01. The molecular weight excluding hydrogens is 690 g/mol. The Morgan fingerprint density at radius 1 is 0.827 bits per heavy atom. The van der Waals surface area contributed by atoms with E-state index >= 15 is 0 Å². The number of hydrogen-bond acceptors (Lipinski definition) is 16. The molecule has 288 valence electrons. The third kappa shape index (κ3) is 18.6. The summed E-state index contributed by atoms with van der Waals surface area (Å²) in [5, 5.41) is 30.5. The van der Waals surface area contributed by atoms with Gasteiger partial charge < -0.3 is 69.1 Å². The van der Waals surface area contributed by atoms with Gasteiger partial charge >= 0.3 is 35.8 Å². The lowest BCUT2D eigenvalue weighted by molar-refractivity contribution is -0.162. The van der Waals surface area contributed by atoms with Crippen LogP contribution in [0, 0.1) is 0 Å². The van der Waals surface area contributed by atoms with Crippen molar-refractivity contribution < 1.29 is 58.4 Å². The zero-order valence-corrected chi connectivity index (χ0v) is 28.3. The minimum absolute atomic E-state index is 0.197. The molecule has 2 aromatic rings. The predicted molar refractivity (Wildman–Crippen MR) is 181 cm³/mol. The van der Waals surface area contributed by atoms with E-state index in [0.717, 1.165) is 43.6 Å². The molecule has 0 spiro atoms. The topological polar surface area (TPSA) is 381 Å². The number of nitrogens with one attached hydrogen (secondary N) is 3. The first-order valence-corrected chi connectivity index (χ1v) is 16.0. The number of rotatable bonds is 13. The van der Waals surface area contributed by atoms with Gasteiger partial charge in [-0.3, -0.25) is 19.2 Å². The van der Waals surface area contributed by atoms with Crippen LogP contribution in [-0.2, 0) is 51.1 Å². The quantitative estimate of drug-likeness (QED) is 0.0545. The summed E-state index contributed by atoms with van der Waals surface area (Å²) in [6, 6.07) is 2.79. The zero-order valence-electron chi connectivity index (χ0n) is 28.3. The molecular formula is C31H47N9O12. The molecule has 52 heavy (non-hydrogen) atoms.